The molecule has 2 atom stereocenters. The first kappa shape index (κ1) is 19.0. The summed E-state index contributed by atoms with van der Waals surface area (Å²) in [6, 6.07) is 7.14. The van der Waals surface area contributed by atoms with Crippen LogP contribution >= 0.6 is 0 Å². The SMILES string of the molecule is CCn1c(O[C@@H]2C[C@@H](C(=O)O)N(C(=O)OC(C)(C)C)C2)nc2ccccc21. The number of imidazole rings is 1. The lowest BCUT2D eigenvalue weighted by Crippen LogP contribution is -2.43. The minimum atomic E-state index is -1.07. The predicted molar refractivity (Wildman–Crippen MR) is 98.8 cm³/mol. The zero-order valence-corrected chi connectivity index (χ0v) is 16.0. The average Bonchev–Trinajstić information content (AvgIpc) is 3.14. The number of aromatic nitrogens is 2. The van der Waals surface area contributed by atoms with Crippen molar-refractivity contribution in [1.82, 2.24) is 14.5 Å². The number of amides is 1. The largest absolute Gasteiger partial charge is 0.480 e. The molecular weight excluding hydrogens is 350 g/mol. The maximum Gasteiger partial charge on any atom is 0.411 e. The van der Waals surface area contributed by atoms with Gasteiger partial charge >= 0.3 is 12.1 Å². The molecule has 0 spiro atoms. The number of hydrogen-bond acceptors (Lipinski definition) is 5. The first-order chi connectivity index (χ1) is 12.7. The summed E-state index contributed by atoms with van der Waals surface area (Å²) in [5.41, 5.74) is 1.06. The van der Waals surface area contributed by atoms with E-state index in [0.29, 0.717) is 12.6 Å². The molecular formula is C19H25N3O5. The number of carbonyl (C=O) groups is 2. The summed E-state index contributed by atoms with van der Waals surface area (Å²) >= 11 is 0. The lowest BCUT2D eigenvalue weighted by Gasteiger charge is -2.26. The van der Waals surface area contributed by atoms with E-state index in [2.05, 4.69) is 4.98 Å². The molecule has 1 amide bonds. The predicted octanol–water partition coefficient (Wildman–Crippen LogP) is 2.90. The smallest absolute Gasteiger partial charge is 0.411 e. The van der Waals surface area contributed by atoms with Crippen LogP contribution in [0.2, 0.25) is 0 Å². The number of fused-ring (bicyclic) bond motifs is 1. The molecule has 0 saturated carbocycles. The molecule has 27 heavy (non-hydrogen) atoms. The Morgan fingerprint density at radius 3 is 2.63 bits per heavy atom. The number of aliphatic carboxylic acids is 1. The second kappa shape index (κ2) is 7.09. The Hall–Kier alpha value is -2.77. The van der Waals surface area contributed by atoms with Crippen LogP contribution in [0.4, 0.5) is 4.79 Å². The van der Waals surface area contributed by atoms with Gasteiger partial charge in [0.15, 0.2) is 0 Å². The summed E-state index contributed by atoms with van der Waals surface area (Å²) in [6.45, 7) is 8.03. The molecule has 1 aliphatic heterocycles. The molecule has 1 aromatic heterocycles. The minimum Gasteiger partial charge on any atom is -0.480 e. The number of likely N-dealkylation sites (tertiary alicyclic amines) is 1. The zero-order chi connectivity index (χ0) is 19.8. The van der Waals surface area contributed by atoms with Crippen molar-refractivity contribution in [2.75, 3.05) is 6.54 Å². The van der Waals surface area contributed by atoms with E-state index in [4.69, 9.17) is 9.47 Å². The van der Waals surface area contributed by atoms with E-state index in [9.17, 15) is 14.7 Å². The van der Waals surface area contributed by atoms with E-state index in [0.717, 1.165) is 11.0 Å². The number of ether oxygens (including phenoxy) is 2. The Kier molecular flexibility index (Phi) is 4.99. The molecule has 0 aliphatic carbocycles. The highest BCUT2D eigenvalue weighted by molar-refractivity contribution is 5.81. The summed E-state index contributed by atoms with van der Waals surface area (Å²) in [7, 11) is 0. The van der Waals surface area contributed by atoms with E-state index in [1.54, 1.807) is 20.8 Å². The van der Waals surface area contributed by atoms with E-state index in [1.165, 1.54) is 4.90 Å². The van der Waals surface area contributed by atoms with Crippen LogP contribution in [0.5, 0.6) is 6.01 Å². The van der Waals surface area contributed by atoms with Gasteiger partial charge in [-0.15, -0.1) is 0 Å². The monoisotopic (exact) mass is 375 g/mol. The topological polar surface area (TPSA) is 93.9 Å². The van der Waals surface area contributed by atoms with Crippen molar-refractivity contribution in [1.29, 1.82) is 0 Å². The van der Waals surface area contributed by atoms with Gasteiger partial charge in [0.1, 0.15) is 17.7 Å². The van der Waals surface area contributed by atoms with Crippen molar-refractivity contribution in [3.63, 3.8) is 0 Å². The van der Waals surface area contributed by atoms with Crippen molar-refractivity contribution in [2.24, 2.45) is 0 Å². The molecule has 8 heteroatoms. The van der Waals surface area contributed by atoms with Gasteiger partial charge in [-0.25, -0.2) is 9.59 Å². The first-order valence-electron chi connectivity index (χ1n) is 9.04. The second-order valence-corrected chi connectivity index (χ2v) is 7.59. The van der Waals surface area contributed by atoms with Gasteiger partial charge in [0.05, 0.1) is 17.6 Å². The van der Waals surface area contributed by atoms with Gasteiger partial charge in [0.25, 0.3) is 6.01 Å². The zero-order valence-electron chi connectivity index (χ0n) is 16.0. The highest BCUT2D eigenvalue weighted by atomic mass is 16.6. The third-order valence-electron chi connectivity index (χ3n) is 4.38. The number of aryl methyl sites for hydroxylation is 1. The van der Waals surface area contributed by atoms with Gasteiger partial charge in [-0.05, 0) is 39.8 Å². The van der Waals surface area contributed by atoms with Gasteiger partial charge in [-0.1, -0.05) is 12.1 Å². The number of hydrogen-bond donors (Lipinski definition) is 1. The maximum absolute atomic E-state index is 12.4. The lowest BCUT2D eigenvalue weighted by atomic mass is 10.2. The summed E-state index contributed by atoms with van der Waals surface area (Å²) in [5, 5.41) is 9.50. The van der Waals surface area contributed by atoms with Crippen molar-refractivity contribution < 1.29 is 24.2 Å². The van der Waals surface area contributed by atoms with Crippen LogP contribution in [-0.2, 0) is 16.1 Å². The Morgan fingerprint density at radius 1 is 1.30 bits per heavy atom. The molecule has 1 aromatic carbocycles. The summed E-state index contributed by atoms with van der Waals surface area (Å²) in [6.07, 6.45) is -0.938. The highest BCUT2D eigenvalue weighted by Gasteiger charge is 2.43. The van der Waals surface area contributed by atoms with Gasteiger partial charge in [0.2, 0.25) is 0 Å². The second-order valence-electron chi connectivity index (χ2n) is 7.59. The van der Waals surface area contributed by atoms with Crippen LogP contribution in [0.15, 0.2) is 24.3 Å². The fourth-order valence-corrected chi connectivity index (χ4v) is 3.24. The van der Waals surface area contributed by atoms with Gasteiger partial charge in [-0.3, -0.25) is 9.47 Å². The van der Waals surface area contributed by atoms with Crippen molar-refractivity contribution in [3.8, 4) is 6.01 Å². The molecule has 8 nitrogen and oxygen atoms in total. The Morgan fingerprint density at radius 2 is 2.00 bits per heavy atom. The standard InChI is InChI=1S/C19H25N3O5/c1-5-21-14-9-7-6-8-13(14)20-17(21)26-12-10-15(16(23)24)22(11-12)18(25)27-19(2,3)4/h6-9,12,15H,5,10-11H2,1-4H3,(H,23,24)/t12-,15+/m1/s1. The van der Waals surface area contributed by atoms with Gasteiger partial charge < -0.3 is 14.6 Å². The molecule has 1 fully saturated rings. The number of rotatable bonds is 4. The van der Waals surface area contributed by atoms with Gasteiger partial charge in [0, 0.05) is 13.0 Å². The molecule has 0 radical (unpaired) electrons. The Labute approximate surface area is 157 Å². The van der Waals surface area contributed by atoms with E-state index in [1.807, 2.05) is 35.8 Å². The molecule has 0 bridgehead atoms. The fourth-order valence-electron chi connectivity index (χ4n) is 3.24. The molecule has 1 N–H and O–H groups in total. The summed E-state index contributed by atoms with van der Waals surface area (Å²) in [5.74, 6) is -1.07. The third-order valence-corrected chi connectivity index (χ3v) is 4.38. The normalized spacial score (nSPS) is 20.1. The Bertz CT molecular complexity index is 855. The quantitative estimate of drug-likeness (QED) is 0.883. The fraction of sp³-hybridized carbons (Fsp3) is 0.526. The van der Waals surface area contributed by atoms with Crippen LogP contribution in [-0.4, -0.2) is 55.9 Å². The molecule has 2 heterocycles. The number of carbonyl (C=O) groups excluding carboxylic acids is 1. The Balaban J connectivity index is 1.80. The van der Waals surface area contributed by atoms with Crippen molar-refractivity contribution in [3.05, 3.63) is 24.3 Å². The van der Waals surface area contributed by atoms with E-state index >= 15 is 0 Å². The minimum absolute atomic E-state index is 0.138. The van der Waals surface area contributed by atoms with Crippen LogP contribution in [0.25, 0.3) is 11.0 Å². The summed E-state index contributed by atoms with van der Waals surface area (Å²) in [4.78, 5) is 29.7. The molecule has 1 aliphatic rings. The number of nitrogens with zero attached hydrogens (tertiary/aromatic N) is 3. The summed E-state index contributed by atoms with van der Waals surface area (Å²) < 4.78 is 13.3. The number of benzene rings is 1. The van der Waals surface area contributed by atoms with Gasteiger partial charge in [-0.2, -0.15) is 4.98 Å². The molecule has 1 saturated heterocycles. The number of para-hydroxylation sites is 2. The van der Waals surface area contributed by atoms with Crippen LogP contribution in [0.3, 0.4) is 0 Å². The van der Waals surface area contributed by atoms with Crippen LogP contribution in [0, 0.1) is 0 Å². The maximum atomic E-state index is 12.4. The molecule has 3 rings (SSSR count). The third kappa shape index (κ3) is 3.99. The van der Waals surface area contributed by atoms with Crippen molar-refractivity contribution >= 4 is 23.1 Å². The van der Waals surface area contributed by atoms with Crippen LogP contribution in [0.1, 0.15) is 34.1 Å². The number of carboxylic acid groups (broad SMARTS) is 1. The van der Waals surface area contributed by atoms with E-state index < -0.39 is 29.8 Å². The van der Waals surface area contributed by atoms with E-state index in [-0.39, 0.29) is 13.0 Å². The molecule has 0 unspecified atom stereocenters. The lowest BCUT2D eigenvalue weighted by molar-refractivity contribution is -0.142. The van der Waals surface area contributed by atoms with Crippen molar-refractivity contribution in [2.45, 2.75) is 58.4 Å². The number of carboxylic acids is 1. The first-order valence-corrected chi connectivity index (χ1v) is 9.04. The average molecular weight is 375 g/mol. The van der Waals surface area contributed by atoms with Crippen LogP contribution < -0.4 is 4.74 Å². The highest BCUT2D eigenvalue weighted by Crippen LogP contribution is 2.27. The molecule has 2 aromatic rings. The molecule has 146 valence electrons.